The van der Waals surface area contributed by atoms with Crippen LogP contribution in [0.3, 0.4) is 0 Å². The lowest BCUT2D eigenvalue weighted by Crippen LogP contribution is -1.99. The van der Waals surface area contributed by atoms with Gasteiger partial charge in [-0.2, -0.15) is 0 Å². The average molecular weight is 583 g/mol. The molecular formula is C37H74O4. The molecule has 0 bridgehead atoms. The highest BCUT2D eigenvalue weighted by atomic mass is 16.5. The van der Waals surface area contributed by atoms with E-state index in [0.717, 1.165) is 19.3 Å². The van der Waals surface area contributed by atoms with E-state index in [1.165, 1.54) is 180 Å². The summed E-state index contributed by atoms with van der Waals surface area (Å²) in [7, 11) is 1.47. The summed E-state index contributed by atoms with van der Waals surface area (Å²) in [6.07, 6.45) is 41.1. The summed E-state index contributed by atoms with van der Waals surface area (Å²) in [6.45, 7) is 4.55. The Kier molecular flexibility index (Phi) is 40.0. The zero-order chi connectivity index (χ0) is 30.5. The Labute approximate surface area is 257 Å². The molecule has 0 aliphatic rings. The normalized spacial score (nSPS) is 10.8. The Bertz CT molecular complexity index is 505. The van der Waals surface area contributed by atoms with Crippen LogP contribution in [0.5, 0.6) is 0 Å². The molecule has 0 spiro atoms. The highest BCUT2D eigenvalue weighted by Crippen LogP contribution is 2.15. The summed E-state index contributed by atoms with van der Waals surface area (Å²) in [5.74, 6) is -0.718. The number of methoxy groups -OCH3 is 1. The summed E-state index contributed by atoms with van der Waals surface area (Å²) < 4.78 is 4.63. The predicted molar refractivity (Wildman–Crippen MR) is 179 cm³/mol. The molecule has 0 saturated heterocycles. The summed E-state index contributed by atoms with van der Waals surface area (Å²) in [5, 5.41) is 8.52. The van der Waals surface area contributed by atoms with Crippen molar-refractivity contribution in [1.29, 1.82) is 0 Å². The Morgan fingerprint density at radius 2 is 0.610 bits per heavy atom. The molecule has 0 unspecified atom stereocenters. The van der Waals surface area contributed by atoms with Gasteiger partial charge in [-0.25, -0.2) is 0 Å². The van der Waals surface area contributed by atoms with Crippen molar-refractivity contribution < 1.29 is 19.4 Å². The summed E-state index contributed by atoms with van der Waals surface area (Å²) >= 11 is 0. The number of carboxylic acids is 1. The van der Waals surface area contributed by atoms with E-state index in [2.05, 4.69) is 18.6 Å². The summed E-state index contributed by atoms with van der Waals surface area (Å²) in [5.41, 5.74) is 0. The number of aliphatic carboxylic acids is 1. The second-order valence-electron chi connectivity index (χ2n) is 12.4. The van der Waals surface area contributed by atoms with E-state index < -0.39 is 5.97 Å². The number of esters is 1. The Hall–Kier alpha value is -1.06. The SMILES string of the molecule is CCCCCCCCCCCCCCCCCC(=O)O.CCCCCCCCCCCCCCCCCC(=O)OC. The molecule has 0 rings (SSSR count). The minimum atomic E-state index is -0.653. The van der Waals surface area contributed by atoms with Crippen LogP contribution in [0.15, 0.2) is 0 Å². The van der Waals surface area contributed by atoms with E-state index in [4.69, 9.17) is 5.11 Å². The van der Waals surface area contributed by atoms with E-state index in [9.17, 15) is 9.59 Å². The number of carbonyl (C=O) groups excluding carboxylic acids is 1. The van der Waals surface area contributed by atoms with E-state index >= 15 is 0 Å². The third kappa shape index (κ3) is 43.5. The van der Waals surface area contributed by atoms with E-state index in [0.29, 0.717) is 12.8 Å². The molecule has 0 radical (unpaired) electrons. The van der Waals surface area contributed by atoms with E-state index in [1.54, 1.807) is 0 Å². The van der Waals surface area contributed by atoms with Gasteiger partial charge in [-0.1, -0.05) is 194 Å². The zero-order valence-corrected chi connectivity index (χ0v) is 28.3. The lowest BCUT2D eigenvalue weighted by atomic mass is 10.0. The van der Waals surface area contributed by atoms with Crippen molar-refractivity contribution in [1.82, 2.24) is 0 Å². The Balaban J connectivity index is 0. The first-order chi connectivity index (χ1) is 20.1. The van der Waals surface area contributed by atoms with Crippen LogP contribution >= 0.6 is 0 Å². The van der Waals surface area contributed by atoms with Gasteiger partial charge < -0.3 is 9.84 Å². The first-order valence-corrected chi connectivity index (χ1v) is 18.4. The molecule has 0 aromatic rings. The largest absolute Gasteiger partial charge is 0.481 e. The van der Waals surface area contributed by atoms with Crippen LogP contribution in [-0.4, -0.2) is 24.2 Å². The van der Waals surface area contributed by atoms with Crippen LogP contribution < -0.4 is 0 Å². The van der Waals surface area contributed by atoms with Crippen molar-refractivity contribution in [2.24, 2.45) is 0 Å². The monoisotopic (exact) mass is 583 g/mol. The minimum Gasteiger partial charge on any atom is -0.481 e. The number of unbranched alkanes of at least 4 members (excludes halogenated alkanes) is 28. The zero-order valence-electron chi connectivity index (χ0n) is 28.3. The molecule has 1 N–H and O–H groups in total. The number of hydrogen-bond acceptors (Lipinski definition) is 3. The molecule has 0 aromatic heterocycles. The van der Waals surface area contributed by atoms with Crippen LogP contribution in [0, 0.1) is 0 Å². The van der Waals surface area contributed by atoms with Gasteiger partial charge in [0.05, 0.1) is 7.11 Å². The molecule has 41 heavy (non-hydrogen) atoms. The molecule has 4 nitrogen and oxygen atoms in total. The third-order valence-corrected chi connectivity index (χ3v) is 8.21. The molecule has 246 valence electrons. The van der Waals surface area contributed by atoms with Gasteiger partial charge in [0, 0.05) is 12.8 Å². The summed E-state index contributed by atoms with van der Waals surface area (Å²) in [6, 6.07) is 0. The lowest BCUT2D eigenvalue weighted by molar-refractivity contribution is -0.141. The first-order valence-electron chi connectivity index (χ1n) is 18.4. The fraction of sp³-hybridized carbons (Fsp3) is 0.946. The maximum absolute atomic E-state index is 10.9. The van der Waals surface area contributed by atoms with Crippen molar-refractivity contribution >= 4 is 11.9 Å². The molecule has 0 heterocycles. The van der Waals surface area contributed by atoms with Gasteiger partial charge >= 0.3 is 11.9 Å². The molecule has 0 amide bonds. The minimum absolute atomic E-state index is 0.0651. The van der Waals surface area contributed by atoms with Gasteiger partial charge in [-0.15, -0.1) is 0 Å². The molecule has 0 aliphatic heterocycles. The average Bonchev–Trinajstić information content (AvgIpc) is 2.97. The van der Waals surface area contributed by atoms with Crippen molar-refractivity contribution in [2.45, 2.75) is 219 Å². The van der Waals surface area contributed by atoms with Crippen LogP contribution in [-0.2, 0) is 14.3 Å². The van der Waals surface area contributed by atoms with Gasteiger partial charge in [0.25, 0.3) is 0 Å². The van der Waals surface area contributed by atoms with Gasteiger partial charge in [0.1, 0.15) is 0 Å². The standard InChI is InChI=1S/C19H38O2.C18H36O2/c1-3-4-5-6-7-8-9-10-11-12-13-14-15-16-17-18-19(20)21-2;1-2-3-4-5-6-7-8-9-10-11-12-13-14-15-16-17-18(19)20/h3-18H2,1-2H3;2-17H2,1H3,(H,19,20). The molecule has 0 aromatic carbocycles. The second kappa shape index (κ2) is 38.9. The topological polar surface area (TPSA) is 63.6 Å². The van der Waals surface area contributed by atoms with Crippen molar-refractivity contribution in [3.05, 3.63) is 0 Å². The number of rotatable bonds is 32. The van der Waals surface area contributed by atoms with Crippen LogP contribution in [0.1, 0.15) is 219 Å². The molecule has 0 fully saturated rings. The van der Waals surface area contributed by atoms with Crippen molar-refractivity contribution in [3.8, 4) is 0 Å². The van der Waals surface area contributed by atoms with Crippen molar-refractivity contribution in [2.75, 3.05) is 7.11 Å². The smallest absolute Gasteiger partial charge is 0.305 e. The fourth-order valence-electron chi connectivity index (χ4n) is 5.39. The van der Waals surface area contributed by atoms with E-state index in [-0.39, 0.29) is 5.97 Å². The maximum atomic E-state index is 10.9. The Morgan fingerprint density at radius 3 is 0.829 bits per heavy atom. The predicted octanol–water partition coefficient (Wildman–Crippen LogP) is 12.8. The quantitative estimate of drug-likeness (QED) is 0.0633. The molecule has 0 aliphatic carbocycles. The van der Waals surface area contributed by atoms with Crippen LogP contribution in [0.25, 0.3) is 0 Å². The maximum Gasteiger partial charge on any atom is 0.305 e. The fourth-order valence-corrected chi connectivity index (χ4v) is 5.39. The van der Waals surface area contributed by atoms with Gasteiger partial charge in [0.2, 0.25) is 0 Å². The lowest BCUT2D eigenvalue weighted by Gasteiger charge is -2.03. The number of carboxylic acid groups (broad SMARTS) is 1. The third-order valence-electron chi connectivity index (χ3n) is 8.21. The van der Waals surface area contributed by atoms with E-state index in [1.807, 2.05) is 0 Å². The number of ether oxygens (including phenoxy) is 1. The van der Waals surface area contributed by atoms with Crippen LogP contribution in [0.4, 0.5) is 0 Å². The molecule has 4 heteroatoms. The van der Waals surface area contributed by atoms with Crippen molar-refractivity contribution in [3.63, 3.8) is 0 Å². The summed E-state index contributed by atoms with van der Waals surface area (Å²) in [4.78, 5) is 21.3. The Morgan fingerprint density at radius 1 is 0.390 bits per heavy atom. The second-order valence-corrected chi connectivity index (χ2v) is 12.4. The number of carbonyl (C=O) groups is 2. The van der Waals surface area contributed by atoms with Gasteiger partial charge in [0.15, 0.2) is 0 Å². The first kappa shape index (κ1) is 42.1. The molecule has 0 saturated carbocycles. The number of hydrogen-bond donors (Lipinski definition) is 1. The highest BCUT2D eigenvalue weighted by molar-refractivity contribution is 5.69. The van der Waals surface area contributed by atoms with Gasteiger partial charge in [-0.05, 0) is 12.8 Å². The highest BCUT2D eigenvalue weighted by Gasteiger charge is 2.00. The molecular weight excluding hydrogens is 508 g/mol. The van der Waals surface area contributed by atoms with Gasteiger partial charge in [-0.3, -0.25) is 9.59 Å². The van der Waals surface area contributed by atoms with Crippen LogP contribution in [0.2, 0.25) is 0 Å². The molecule has 0 atom stereocenters.